The Morgan fingerprint density at radius 3 is 2.13 bits per heavy atom. The van der Waals surface area contributed by atoms with Crippen LogP contribution in [-0.2, 0) is 25.8 Å². The molecule has 3 rings (SSSR count). The van der Waals surface area contributed by atoms with E-state index < -0.39 is 26.9 Å². The smallest absolute Gasteiger partial charge is 0.309 e. The summed E-state index contributed by atoms with van der Waals surface area (Å²) in [6.45, 7) is 0.0477. The van der Waals surface area contributed by atoms with E-state index in [2.05, 4.69) is 10.6 Å². The number of carbonyl (C=O) groups is 2. The fourth-order valence-corrected chi connectivity index (χ4v) is 4.70. The Hall–Kier alpha value is -3.39. The van der Waals surface area contributed by atoms with E-state index in [0.717, 1.165) is 12.0 Å². The van der Waals surface area contributed by atoms with Crippen LogP contribution in [0.4, 0.5) is 0 Å². The van der Waals surface area contributed by atoms with E-state index >= 15 is 0 Å². The van der Waals surface area contributed by atoms with Crippen molar-refractivity contribution in [2.45, 2.75) is 23.0 Å². The maximum atomic E-state index is 13.0. The maximum Gasteiger partial charge on any atom is 0.309 e. The van der Waals surface area contributed by atoms with Crippen LogP contribution in [0.15, 0.2) is 88.4 Å². The summed E-state index contributed by atoms with van der Waals surface area (Å²) >= 11 is 0. The summed E-state index contributed by atoms with van der Waals surface area (Å²) in [4.78, 5) is 24.4. The Bertz CT molecular complexity index is 1080. The molecule has 0 unspecified atom stereocenters. The lowest BCUT2D eigenvalue weighted by molar-refractivity contribution is -0.139. The van der Waals surface area contributed by atoms with Crippen LogP contribution in [-0.4, -0.2) is 33.3 Å². The second-order valence-corrected chi connectivity index (χ2v) is 9.05. The minimum Gasteiger partial charge on any atom is -0.468 e. The number of amides is 2. The second kappa shape index (κ2) is 10.6. The molecule has 162 valence electrons. The molecule has 7 nitrogen and oxygen atoms in total. The molecule has 0 spiro atoms. The molecule has 2 N–H and O–H groups in total. The molecule has 0 aliphatic rings. The molecule has 0 saturated carbocycles. The summed E-state index contributed by atoms with van der Waals surface area (Å²) in [5.74, 6) is -1.50. The Kier molecular flexibility index (Phi) is 7.61. The van der Waals surface area contributed by atoms with Crippen molar-refractivity contribution >= 4 is 21.7 Å². The van der Waals surface area contributed by atoms with Gasteiger partial charge in [-0.1, -0.05) is 48.5 Å². The average molecular weight is 441 g/mol. The summed E-state index contributed by atoms with van der Waals surface area (Å²) in [5, 5.41) is 3.82. The van der Waals surface area contributed by atoms with Gasteiger partial charge >= 0.3 is 11.8 Å². The van der Waals surface area contributed by atoms with Crippen LogP contribution in [0.1, 0.15) is 23.0 Å². The Morgan fingerprint density at radius 1 is 0.839 bits per heavy atom. The lowest BCUT2D eigenvalue weighted by Crippen LogP contribution is -2.42. The number of nitrogens with one attached hydrogen (secondary N) is 2. The molecular formula is C23H24N2O5S. The molecular weight excluding hydrogens is 416 g/mol. The molecule has 0 aliphatic carbocycles. The third kappa shape index (κ3) is 6.05. The normalized spacial score (nSPS) is 12.1. The highest BCUT2D eigenvalue weighted by Crippen LogP contribution is 2.28. The van der Waals surface area contributed by atoms with Crippen molar-refractivity contribution in [1.82, 2.24) is 10.6 Å². The highest BCUT2D eigenvalue weighted by Gasteiger charge is 2.32. The topological polar surface area (TPSA) is 105 Å². The molecule has 1 aromatic heterocycles. The van der Waals surface area contributed by atoms with Gasteiger partial charge in [0.1, 0.15) is 11.0 Å². The highest BCUT2D eigenvalue weighted by atomic mass is 32.2. The largest absolute Gasteiger partial charge is 0.468 e. The first-order valence-corrected chi connectivity index (χ1v) is 11.5. The number of aryl methyl sites for hydroxylation is 1. The van der Waals surface area contributed by atoms with Crippen molar-refractivity contribution in [3.63, 3.8) is 0 Å². The van der Waals surface area contributed by atoms with Gasteiger partial charge in [-0.25, -0.2) is 8.42 Å². The first kappa shape index (κ1) is 22.3. The Morgan fingerprint density at radius 2 is 1.48 bits per heavy atom. The van der Waals surface area contributed by atoms with Crippen molar-refractivity contribution in [2.24, 2.45) is 0 Å². The maximum absolute atomic E-state index is 13.0. The summed E-state index contributed by atoms with van der Waals surface area (Å²) in [6, 6.07) is 20.8. The Balaban J connectivity index is 1.56. The van der Waals surface area contributed by atoms with Gasteiger partial charge in [0.25, 0.3) is 0 Å². The molecule has 0 bridgehead atoms. The standard InChI is InChI=1S/C23H24N2O5S/c26-22(24-15-7-11-18-9-3-1-4-10-18)23(27)25-17-21(20-14-8-16-30-20)31(28,29)19-12-5-2-6-13-19/h1-6,8-10,12-14,16,21H,7,11,15,17H2,(H,24,26)(H,25,27)/t21-/m0/s1. The summed E-state index contributed by atoms with van der Waals surface area (Å²) in [5.41, 5.74) is 1.15. The molecule has 0 radical (unpaired) electrons. The van der Waals surface area contributed by atoms with Crippen LogP contribution < -0.4 is 10.6 Å². The predicted octanol–water partition coefficient (Wildman–Crippen LogP) is 2.66. The van der Waals surface area contributed by atoms with Gasteiger partial charge < -0.3 is 15.1 Å². The zero-order valence-electron chi connectivity index (χ0n) is 16.9. The SMILES string of the molecule is O=C(NCCCc1ccccc1)C(=O)NC[C@@H](c1ccco1)S(=O)(=O)c1ccccc1. The first-order chi connectivity index (χ1) is 15.0. The zero-order valence-corrected chi connectivity index (χ0v) is 17.7. The van der Waals surface area contributed by atoms with Crippen molar-refractivity contribution in [3.8, 4) is 0 Å². The van der Waals surface area contributed by atoms with E-state index in [1.807, 2.05) is 30.3 Å². The zero-order chi connectivity index (χ0) is 22.1. The molecule has 31 heavy (non-hydrogen) atoms. The van der Waals surface area contributed by atoms with Gasteiger partial charge in [-0.2, -0.15) is 0 Å². The molecule has 0 aliphatic heterocycles. The minimum absolute atomic E-state index is 0.107. The number of furan rings is 1. The molecule has 1 heterocycles. The van der Waals surface area contributed by atoms with Gasteiger partial charge in [0.15, 0.2) is 9.84 Å². The molecule has 3 aromatic rings. The van der Waals surface area contributed by atoms with E-state index in [-0.39, 0.29) is 17.2 Å². The number of benzene rings is 2. The lowest BCUT2D eigenvalue weighted by atomic mass is 10.1. The number of carbonyl (C=O) groups excluding carboxylic acids is 2. The molecule has 0 fully saturated rings. The second-order valence-electron chi connectivity index (χ2n) is 6.92. The van der Waals surface area contributed by atoms with Crippen molar-refractivity contribution in [2.75, 3.05) is 13.1 Å². The average Bonchev–Trinajstić information content (AvgIpc) is 3.32. The highest BCUT2D eigenvalue weighted by molar-refractivity contribution is 7.91. The first-order valence-electron chi connectivity index (χ1n) is 9.91. The molecule has 2 aromatic carbocycles. The third-order valence-corrected chi connectivity index (χ3v) is 6.81. The van der Waals surface area contributed by atoms with Crippen molar-refractivity contribution in [1.29, 1.82) is 0 Å². The van der Waals surface area contributed by atoms with E-state index in [1.165, 1.54) is 24.5 Å². The monoisotopic (exact) mass is 440 g/mol. The van der Waals surface area contributed by atoms with Gasteiger partial charge in [0.2, 0.25) is 0 Å². The molecule has 8 heteroatoms. The van der Waals surface area contributed by atoms with Crippen LogP contribution in [0.25, 0.3) is 0 Å². The summed E-state index contributed by atoms with van der Waals surface area (Å²) in [7, 11) is -3.84. The van der Waals surface area contributed by atoms with Gasteiger partial charge in [0.05, 0.1) is 11.2 Å². The van der Waals surface area contributed by atoms with E-state index in [0.29, 0.717) is 13.0 Å². The van der Waals surface area contributed by atoms with Crippen LogP contribution >= 0.6 is 0 Å². The molecule has 1 atom stereocenters. The lowest BCUT2D eigenvalue weighted by Gasteiger charge is -2.16. The van der Waals surface area contributed by atoms with E-state index in [1.54, 1.807) is 24.3 Å². The molecule has 2 amide bonds. The van der Waals surface area contributed by atoms with Gasteiger partial charge in [-0.15, -0.1) is 0 Å². The Labute approximate surface area is 181 Å². The van der Waals surface area contributed by atoms with Gasteiger partial charge in [0, 0.05) is 13.1 Å². The predicted molar refractivity (Wildman–Crippen MR) is 116 cm³/mol. The quantitative estimate of drug-likeness (QED) is 0.393. The van der Waals surface area contributed by atoms with Crippen LogP contribution in [0.3, 0.4) is 0 Å². The van der Waals surface area contributed by atoms with Crippen LogP contribution in [0.5, 0.6) is 0 Å². The van der Waals surface area contributed by atoms with Gasteiger partial charge in [-0.05, 0) is 42.7 Å². The van der Waals surface area contributed by atoms with E-state index in [4.69, 9.17) is 4.42 Å². The number of sulfone groups is 1. The fraction of sp³-hybridized carbons (Fsp3) is 0.217. The fourth-order valence-electron chi connectivity index (χ4n) is 3.10. The van der Waals surface area contributed by atoms with E-state index in [9.17, 15) is 18.0 Å². The minimum atomic E-state index is -3.84. The number of hydrogen-bond donors (Lipinski definition) is 2. The van der Waals surface area contributed by atoms with Crippen molar-refractivity contribution in [3.05, 3.63) is 90.4 Å². The number of rotatable bonds is 9. The van der Waals surface area contributed by atoms with Crippen molar-refractivity contribution < 1.29 is 22.4 Å². The number of hydrogen-bond acceptors (Lipinski definition) is 5. The van der Waals surface area contributed by atoms with Crippen LogP contribution in [0.2, 0.25) is 0 Å². The summed E-state index contributed by atoms with van der Waals surface area (Å²) < 4.78 is 31.4. The summed E-state index contributed by atoms with van der Waals surface area (Å²) in [6.07, 6.45) is 2.82. The van der Waals surface area contributed by atoms with Crippen LogP contribution in [0, 0.1) is 0 Å². The third-order valence-electron chi connectivity index (χ3n) is 4.73. The van der Waals surface area contributed by atoms with Gasteiger partial charge in [-0.3, -0.25) is 9.59 Å². The molecule has 0 saturated heterocycles.